The number of halogens is 4. The van der Waals surface area contributed by atoms with E-state index in [0.29, 0.717) is 10.6 Å². The van der Waals surface area contributed by atoms with E-state index in [0.717, 1.165) is 18.3 Å². The quantitative estimate of drug-likeness (QED) is 0.625. The fourth-order valence-electron chi connectivity index (χ4n) is 2.02. The Bertz CT molecular complexity index is 918. The molecular formula is C17H10ClF3N2O2. The summed E-state index contributed by atoms with van der Waals surface area (Å²) in [5.74, 6) is -0.347. The van der Waals surface area contributed by atoms with Gasteiger partial charge in [-0.3, -0.25) is 4.99 Å². The third-order valence-corrected chi connectivity index (χ3v) is 3.49. The lowest BCUT2D eigenvalue weighted by molar-refractivity contribution is -0.137. The minimum Gasteiger partial charge on any atom is -0.479 e. The summed E-state index contributed by atoms with van der Waals surface area (Å²) in [6.07, 6.45) is -3.32. The second-order valence-corrected chi connectivity index (χ2v) is 5.46. The molecule has 0 unspecified atom stereocenters. The number of hydrogen-bond acceptors (Lipinski definition) is 4. The number of nitrogens with zero attached hydrogens (tertiary/aromatic N) is 2. The van der Waals surface area contributed by atoms with Crippen molar-refractivity contribution in [3.05, 3.63) is 64.8 Å². The van der Waals surface area contributed by atoms with Crippen LogP contribution in [0.3, 0.4) is 0 Å². The molecule has 1 heterocycles. The molecule has 0 fully saturated rings. The third-order valence-electron chi connectivity index (χ3n) is 3.24. The van der Waals surface area contributed by atoms with Crippen LogP contribution in [0.15, 0.2) is 57.9 Å². The van der Waals surface area contributed by atoms with Crippen LogP contribution in [0.2, 0.25) is 5.02 Å². The van der Waals surface area contributed by atoms with Gasteiger partial charge in [-0.05, 0) is 42.5 Å². The fraction of sp³-hybridized carbons (Fsp3) is 0.0588. The van der Waals surface area contributed by atoms with E-state index in [1.807, 2.05) is 0 Å². The third kappa shape index (κ3) is 4.00. The first-order chi connectivity index (χ1) is 11.8. The average Bonchev–Trinajstić information content (AvgIpc) is 2.94. The van der Waals surface area contributed by atoms with Crippen molar-refractivity contribution in [1.29, 1.82) is 0 Å². The number of alkyl halides is 3. The van der Waals surface area contributed by atoms with E-state index in [4.69, 9.17) is 16.0 Å². The van der Waals surface area contributed by atoms with Crippen LogP contribution in [0, 0.1) is 0 Å². The Morgan fingerprint density at radius 3 is 2.52 bits per heavy atom. The van der Waals surface area contributed by atoms with Gasteiger partial charge in [0.15, 0.2) is 5.69 Å². The molecule has 0 aliphatic rings. The van der Waals surface area contributed by atoms with Gasteiger partial charge in [-0.15, -0.1) is 0 Å². The smallest absolute Gasteiger partial charge is 0.416 e. The van der Waals surface area contributed by atoms with E-state index >= 15 is 0 Å². The second-order valence-electron chi connectivity index (χ2n) is 5.02. The summed E-state index contributed by atoms with van der Waals surface area (Å²) in [5, 5.41) is 10.3. The molecule has 25 heavy (non-hydrogen) atoms. The van der Waals surface area contributed by atoms with Gasteiger partial charge in [-0.2, -0.15) is 13.2 Å². The van der Waals surface area contributed by atoms with E-state index in [1.165, 1.54) is 12.1 Å². The Labute approximate surface area is 145 Å². The molecule has 3 aromatic rings. The van der Waals surface area contributed by atoms with Crippen molar-refractivity contribution in [2.45, 2.75) is 6.18 Å². The van der Waals surface area contributed by atoms with Crippen molar-refractivity contribution in [2.24, 2.45) is 4.99 Å². The van der Waals surface area contributed by atoms with Gasteiger partial charge in [0.05, 0.1) is 17.5 Å². The Morgan fingerprint density at radius 1 is 1.12 bits per heavy atom. The normalized spacial score (nSPS) is 12.0. The number of aliphatic imine (C=N–C) groups is 1. The molecule has 0 bridgehead atoms. The molecule has 0 aliphatic heterocycles. The van der Waals surface area contributed by atoms with E-state index in [9.17, 15) is 18.3 Å². The Balaban J connectivity index is 1.86. The van der Waals surface area contributed by atoms with E-state index in [1.54, 1.807) is 24.3 Å². The molecule has 128 valence electrons. The molecule has 1 aromatic heterocycles. The predicted octanol–water partition coefficient (Wildman–Crippen LogP) is 5.47. The zero-order chi connectivity index (χ0) is 18.0. The van der Waals surface area contributed by atoms with E-state index < -0.39 is 17.7 Å². The molecule has 0 amide bonds. The van der Waals surface area contributed by atoms with Crippen molar-refractivity contribution < 1.29 is 22.7 Å². The minimum atomic E-state index is -4.46. The number of rotatable bonds is 3. The molecule has 8 heteroatoms. The summed E-state index contributed by atoms with van der Waals surface area (Å²) >= 11 is 5.80. The van der Waals surface area contributed by atoms with Crippen LogP contribution in [0.4, 0.5) is 18.9 Å². The fourth-order valence-corrected chi connectivity index (χ4v) is 2.15. The average molecular weight is 367 g/mol. The highest BCUT2D eigenvalue weighted by Crippen LogP contribution is 2.31. The highest BCUT2D eigenvalue weighted by molar-refractivity contribution is 6.30. The lowest BCUT2D eigenvalue weighted by Crippen LogP contribution is -2.03. The van der Waals surface area contributed by atoms with Gasteiger partial charge in [0.2, 0.25) is 5.89 Å². The topological polar surface area (TPSA) is 58.6 Å². The van der Waals surface area contributed by atoms with Gasteiger partial charge in [0.1, 0.15) is 0 Å². The molecular weight excluding hydrogens is 357 g/mol. The van der Waals surface area contributed by atoms with Gasteiger partial charge >= 0.3 is 12.1 Å². The maximum atomic E-state index is 12.7. The zero-order valence-corrected chi connectivity index (χ0v) is 13.2. The lowest BCUT2D eigenvalue weighted by atomic mass is 10.2. The Kier molecular flexibility index (Phi) is 4.50. The predicted molar refractivity (Wildman–Crippen MR) is 87.3 cm³/mol. The summed E-state index contributed by atoms with van der Waals surface area (Å²) in [4.78, 5) is 7.97. The van der Waals surface area contributed by atoms with Crippen LogP contribution in [0.1, 0.15) is 11.3 Å². The van der Waals surface area contributed by atoms with E-state index in [-0.39, 0.29) is 17.3 Å². The SMILES string of the molecule is Oc1oc(-c2ccc(Cl)cc2)nc1C=Nc1cccc(C(F)(F)F)c1. The summed E-state index contributed by atoms with van der Waals surface area (Å²) in [7, 11) is 0. The number of hydrogen-bond donors (Lipinski definition) is 1. The molecule has 0 saturated carbocycles. The standard InChI is InChI=1S/C17H10ClF3N2O2/c18-12-6-4-10(5-7-12)15-23-14(16(24)25-15)9-22-13-3-1-2-11(8-13)17(19,20)21/h1-9,24H. The number of oxazole rings is 1. The Hall–Kier alpha value is -2.80. The minimum absolute atomic E-state index is 0.00219. The van der Waals surface area contributed by atoms with Gasteiger partial charge in [-0.25, -0.2) is 4.98 Å². The van der Waals surface area contributed by atoms with Crippen LogP contribution >= 0.6 is 11.6 Å². The molecule has 2 aromatic carbocycles. The van der Waals surface area contributed by atoms with Gasteiger partial charge in [-0.1, -0.05) is 17.7 Å². The van der Waals surface area contributed by atoms with Crippen LogP contribution in [0.25, 0.3) is 11.5 Å². The summed E-state index contributed by atoms with van der Waals surface area (Å²) < 4.78 is 43.2. The first-order valence-corrected chi connectivity index (χ1v) is 7.38. The second kappa shape index (κ2) is 6.60. The maximum Gasteiger partial charge on any atom is 0.416 e. The molecule has 0 aliphatic carbocycles. The summed E-state index contributed by atoms with van der Waals surface area (Å²) in [6.45, 7) is 0. The van der Waals surface area contributed by atoms with Crippen LogP contribution < -0.4 is 0 Å². The number of benzene rings is 2. The van der Waals surface area contributed by atoms with Crippen LogP contribution in [0.5, 0.6) is 5.95 Å². The van der Waals surface area contributed by atoms with Gasteiger partial charge in [0.25, 0.3) is 0 Å². The monoisotopic (exact) mass is 366 g/mol. The molecule has 0 atom stereocenters. The molecule has 1 N–H and O–H groups in total. The molecule has 3 rings (SSSR count). The highest BCUT2D eigenvalue weighted by Gasteiger charge is 2.30. The van der Waals surface area contributed by atoms with Crippen LogP contribution in [-0.2, 0) is 6.18 Å². The first kappa shape index (κ1) is 17.0. The lowest BCUT2D eigenvalue weighted by Gasteiger charge is -2.06. The van der Waals surface area contributed by atoms with Crippen LogP contribution in [-0.4, -0.2) is 16.3 Å². The maximum absolute atomic E-state index is 12.7. The number of aromatic hydroxyl groups is 1. The summed E-state index contributed by atoms with van der Waals surface area (Å²) in [5.41, 5.74) is -0.153. The largest absolute Gasteiger partial charge is 0.479 e. The van der Waals surface area contributed by atoms with Gasteiger partial charge in [0, 0.05) is 10.6 Å². The molecule has 0 radical (unpaired) electrons. The first-order valence-electron chi connectivity index (χ1n) is 7.00. The summed E-state index contributed by atoms with van der Waals surface area (Å²) in [6, 6.07) is 11.1. The van der Waals surface area contributed by atoms with Crippen molar-refractivity contribution in [2.75, 3.05) is 0 Å². The van der Waals surface area contributed by atoms with Crippen molar-refractivity contribution in [3.63, 3.8) is 0 Å². The molecule has 0 spiro atoms. The van der Waals surface area contributed by atoms with Crippen molar-refractivity contribution >= 4 is 23.5 Å². The van der Waals surface area contributed by atoms with Crippen molar-refractivity contribution in [1.82, 2.24) is 4.98 Å². The van der Waals surface area contributed by atoms with E-state index in [2.05, 4.69) is 9.98 Å². The van der Waals surface area contributed by atoms with Gasteiger partial charge < -0.3 is 9.52 Å². The zero-order valence-electron chi connectivity index (χ0n) is 12.5. The highest BCUT2D eigenvalue weighted by atomic mass is 35.5. The Morgan fingerprint density at radius 2 is 1.84 bits per heavy atom. The number of aromatic nitrogens is 1. The molecule has 4 nitrogen and oxygen atoms in total. The molecule has 0 saturated heterocycles. The van der Waals surface area contributed by atoms with Crippen molar-refractivity contribution in [3.8, 4) is 17.4 Å².